The SMILES string of the molecule is C=S.CCCCC(CC)CO.CCCCC(CC)COC(=O)c1cc(S)cc(C(=O)OCC(CC)CCCC)c1.COC(=O)c1cc(O)cc(C(=O)O)c1.COC(=O)c1cc(OC(=S)N(C)C)cc(C(=O)OC)c1.COC(=O)c1cc(SC(=O)N(C)C)cc(C(=O)OC)c1.O=C(O)c1cc(O)cc(C(=O)O)c1.O=C(O)c1cc(S)cc(C(=O)O)c1.[2HH]. The average molecular weight is 1770 g/mol. The molecule has 0 aromatic heterocycles. The Morgan fingerprint density at radius 3 is 0.908 bits per heavy atom. The Labute approximate surface area is 725 Å². The molecule has 0 bridgehead atoms. The van der Waals surface area contributed by atoms with Gasteiger partial charge in [-0.15, -0.1) is 25.3 Å². The van der Waals surface area contributed by atoms with Crippen LogP contribution in [0.3, 0.4) is 0 Å². The number of thiocarbonyl (C=S) groups is 2. The van der Waals surface area contributed by atoms with Crippen LogP contribution in [0.2, 0.25) is 0 Å². The number of phenolic OH excluding ortho intramolecular Hbond substituents is 2. The van der Waals surface area contributed by atoms with Crippen LogP contribution >= 0.6 is 61.5 Å². The van der Waals surface area contributed by atoms with Crippen LogP contribution in [0, 0.1) is 17.8 Å². The number of hydrogen-bond acceptors (Lipinski definition) is 29. The lowest BCUT2D eigenvalue weighted by Crippen LogP contribution is -2.25. The highest BCUT2D eigenvalue weighted by Crippen LogP contribution is 2.27. The van der Waals surface area contributed by atoms with Crippen LogP contribution in [0.1, 0.15) is 244 Å². The molecule has 36 heteroatoms. The van der Waals surface area contributed by atoms with Crippen molar-refractivity contribution in [2.24, 2.45) is 17.8 Å². The molecule has 6 aromatic carbocycles. The van der Waals surface area contributed by atoms with Gasteiger partial charge in [0.05, 0.1) is 116 Å². The lowest BCUT2D eigenvalue weighted by molar-refractivity contribution is 0.0419. The number of ether oxygens (including phenoxy) is 8. The van der Waals surface area contributed by atoms with E-state index in [2.05, 4.69) is 109 Å². The minimum atomic E-state index is -1.28. The standard InChI is InChI=1S/C24H38O4S.2C13H15NO5S.C9H8O5.C8H6O5.C8H6O4S.C8H18O.CH2S.H2/c1-5-9-11-18(7-3)16-27-23(25)20-13-21(15-22(29)14-20)24(26)28-17-19(8-4)12-10-6-2;1-14(2)13(17)20-10-6-8(11(15)18-3)5-9(7-10)12(16)19-4;1-14(2)13(20)19-10-6-8(11(15)17-3)5-9(7-10)12(16)18-4;1-14-9(13)6-2-5(8(11)12)3-7(10)4-6;9-6-2-4(7(10)11)1-5(3-6)8(12)13;9-7(10)4-1-5(8(11)12)3-6(13)2-4;1-3-5-6-8(4-2)7-9;1-2;/h13-15,18-19,29H,5-12,16-17H2,1-4H3;2*5-7H,1-4H3;2-4,10H,1H3,(H,11,12);1-3,9H,(H,10,11)(H,12,13);1-3,13H,(H,9,10)(H,11,12);8-9H,3-7H2,1-2H3;1H2;1H/i;;;;;;;;1+1. The first-order valence-electron chi connectivity index (χ1n) is 36.9. The number of carboxylic acid groups (broad SMARTS) is 5. The molecule has 0 saturated heterocycles. The maximum Gasteiger partial charge on any atom is 0.338 e. The van der Waals surface area contributed by atoms with Gasteiger partial charge in [0.25, 0.3) is 10.4 Å². The van der Waals surface area contributed by atoms with Gasteiger partial charge in [0.1, 0.15) is 17.2 Å². The lowest BCUT2D eigenvalue weighted by Gasteiger charge is -2.16. The predicted octanol–water partition coefficient (Wildman–Crippen LogP) is 16.3. The number of amides is 1. The fourth-order valence-electron chi connectivity index (χ4n) is 9.44. The summed E-state index contributed by atoms with van der Waals surface area (Å²) in [6.45, 7) is 14.0. The zero-order chi connectivity index (χ0) is 92.1. The molecule has 120 heavy (non-hydrogen) atoms. The number of aliphatic hydroxyl groups excluding tert-OH is 1. The van der Waals surface area contributed by atoms with Crippen molar-refractivity contribution < 1.29 is 143 Å². The molecule has 3 unspecified atom stereocenters. The van der Waals surface area contributed by atoms with Gasteiger partial charge in [0, 0.05) is 50.9 Å². The summed E-state index contributed by atoms with van der Waals surface area (Å²) in [7, 11) is 12.8. The molecular formula is C84H110N2O29S5. The molecule has 0 saturated carbocycles. The summed E-state index contributed by atoms with van der Waals surface area (Å²) in [6.07, 6.45) is 13.4. The minimum Gasteiger partial charge on any atom is -0.508 e. The third-order valence-electron chi connectivity index (χ3n) is 16.2. The van der Waals surface area contributed by atoms with Gasteiger partial charge in [-0.25, -0.2) is 57.5 Å². The van der Waals surface area contributed by atoms with E-state index < -0.39 is 71.6 Å². The Morgan fingerprint density at radius 2 is 0.642 bits per heavy atom. The van der Waals surface area contributed by atoms with Crippen LogP contribution in [0.5, 0.6) is 17.2 Å². The van der Waals surface area contributed by atoms with Crippen molar-refractivity contribution in [2.75, 3.05) is 83.6 Å². The van der Waals surface area contributed by atoms with Crippen LogP contribution in [-0.2, 0) is 33.2 Å². The summed E-state index contributed by atoms with van der Waals surface area (Å²) in [5.74, 6) is -6.26. The third kappa shape index (κ3) is 44.0. The van der Waals surface area contributed by atoms with Crippen LogP contribution in [0.25, 0.3) is 0 Å². The Kier molecular flexibility index (Phi) is 56.5. The molecule has 0 aliphatic rings. The quantitative estimate of drug-likeness (QED) is 0.00635. The number of rotatable bonds is 31. The topological polar surface area (TPSA) is 464 Å². The second-order valence-electron chi connectivity index (χ2n) is 25.7. The van der Waals surface area contributed by atoms with E-state index in [0.717, 1.165) is 112 Å². The van der Waals surface area contributed by atoms with Crippen molar-refractivity contribution in [1.82, 2.24) is 9.80 Å². The van der Waals surface area contributed by atoms with E-state index in [1.165, 1.54) is 108 Å². The number of methoxy groups -OCH3 is 5. The van der Waals surface area contributed by atoms with E-state index in [-0.39, 0.29) is 84.7 Å². The maximum atomic E-state index is 12.5. The second kappa shape index (κ2) is 61.2. The van der Waals surface area contributed by atoms with Gasteiger partial charge in [-0.3, -0.25) is 4.79 Å². The molecule has 0 aliphatic carbocycles. The van der Waals surface area contributed by atoms with Gasteiger partial charge in [-0.2, -0.15) is 0 Å². The molecule has 1 amide bonds. The molecule has 6 rings (SSSR count). The van der Waals surface area contributed by atoms with E-state index in [4.69, 9.17) is 67.3 Å². The summed E-state index contributed by atoms with van der Waals surface area (Å²) in [4.78, 5) is 151. The van der Waals surface area contributed by atoms with Crippen molar-refractivity contribution in [1.29, 1.82) is 0 Å². The number of nitrogens with zero attached hydrogens (tertiary/aromatic N) is 2. The zero-order valence-corrected chi connectivity index (χ0v) is 73.8. The number of hydrogen-bond donors (Lipinski definition) is 10. The fourth-order valence-corrected chi connectivity index (χ4v) is 10.9. The molecule has 0 heterocycles. The van der Waals surface area contributed by atoms with E-state index in [0.29, 0.717) is 63.4 Å². The van der Waals surface area contributed by atoms with Gasteiger partial charge in [-0.1, -0.05) is 112 Å². The highest BCUT2D eigenvalue weighted by molar-refractivity contribution is 8.13. The number of esters is 7. The third-order valence-corrected chi connectivity index (χ3v) is 18.2. The fraction of sp³-hybridized carbons (Fsp3) is 0.393. The van der Waals surface area contributed by atoms with Crippen molar-refractivity contribution in [3.05, 3.63) is 176 Å². The summed E-state index contributed by atoms with van der Waals surface area (Å²) >= 11 is 18.0. The summed E-state index contributed by atoms with van der Waals surface area (Å²) in [5.41, 5.74) is 0.577. The summed E-state index contributed by atoms with van der Waals surface area (Å²) < 4.78 is 39.3. The Balaban J connectivity index is -0.00000137. The number of thioether (sulfide) groups is 1. The van der Waals surface area contributed by atoms with Gasteiger partial charge in [0.2, 0.25) is 0 Å². The number of aromatic hydroxyl groups is 2. The predicted molar refractivity (Wildman–Crippen MR) is 464 cm³/mol. The van der Waals surface area contributed by atoms with Gasteiger partial charge in [-0.05, 0) is 176 Å². The number of unbranched alkanes of at least 4 members (excludes halogenated alkanes) is 3. The number of thiol groups is 2. The van der Waals surface area contributed by atoms with Crippen molar-refractivity contribution in [3.8, 4) is 17.2 Å². The Bertz CT molecular complexity index is 4030. The van der Waals surface area contributed by atoms with Crippen LogP contribution in [0.4, 0.5) is 4.79 Å². The molecule has 31 nitrogen and oxygen atoms in total. The highest BCUT2D eigenvalue weighted by atomic mass is 32.2. The van der Waals surface area contributed by atoms with Crippen molar-refractivity contribution >= 4 is 149 Å². The second-order valence-corrected chi connectivity index (χ2v) is 28.1. The van der Waals surface area contributed by atoms with Crippen molar-refractivity contribution in [3.63, 3.8) is 0 Å². The first-order chi connectivity index (χ1) is 56.6. The summed E-state index contributed by atoms with van der Waals surface area (Å²) in [6, 6.07) is 23.3. The highest BCUT2D eigenvalue weighted by Gasteiger charge is 2.22. The number of carboxylic acids is 5. The first kappa shape index (κ1) is 111. The van der Waals surface area contributed by atoms with Gasteiger partial charge in [0.15, 0.2) is 0 Å². The molecule has 0 fully saturated rings. The Morgan fingerprint density at radius 1 is 0.392 bits per heavy atom. The number of carbonyl (C=O) groups excluding carboxylic acids is 8. The van der Waals surface area contributed by atoms with E-state index >= 15 is 0 Å². The molecule has 0 aliphatic heterocycles. The number of benzene rings is 6. The minimum absolute atomic E-state index is 0. The number of aliphatic hydroxyl groups is 1. The normalized spacial score (nSPS) is 10.6. The maximum absolute atomic E-state index is 12.5. The van der Waals surface area contributed by atoms with Gasteiger partial charge >= 0.3 is 71.6 Å². The largest absolute Gasteiger partial charge is 0.508 e. The molecular weight excluding hydrogens is 1660 g/mol. The number of carbonyl (C=O) groups is 13. The summed E-state index contributed by atoms with van der Waals surface area (Å²) in [5, 5.41) is 69.6. The number of aromatic carboxylic acids is 5. The molecule has 660 valence electrons. The van der Waals surface area contributed by atoms with Crippen molar-refractivity contribution in [2.45, 2.75) is 133 Å². The van der Waals surface area contributed by atoms with Gasteiger partial charge < -0.3 is 88.5 Å². The molecule has 3 atom stereocenters. The lowest BCUT2D eigenvalue weighted by atomic mass is 10.0. The van der Waals surface area contributed by atoms with Crippen LogP contribution in [0.15, 0.2) is 124 Å². The zero-order valence-electron chi connectivity index (χ0n) is 69.6. The van der Waals surface area contributed by atoms with E-state index in [1.807, 2.05) is 0 Å². The Hall–Kier alpha value is -11.2. The van der Waals surface area contributed by atoms with Crippen LogP contribution in [-0.4, -0.2) is 222 Å². The molecule has 0 spiro atoms. The molecule has 0 radical (unpaired) electrons. The first-order valence-corrected chi connectivity index (χ1v) is 39.6. The average Bonchev–Trinajstić information content (AvgIpc) is 0.837. The van der Waals surface area contributed by atoms with Crippen LogP contribution < -0.4 is 4.74 Å². The molecule has 8 N–H and O–H groups in total. The smallest absolute Gasteiger partial charge is 0.338 e. The number of phenols is 2. The van der Waals surface area contributed by atoms with E-state index in [1.54, 1.807) is 51.3 Å². The monoisotopic (exact) mass is 1770 g/mol. The van der Waals surface area contributed by atoms with E-state index in [9.17, 15) is 62.3 Å². The molecule has 6 aromatic rings.